The molecule has 54 heavy (non-hydrogen) atoms. The monoisotopic (exact) mass is 755 g/mol. The number of rotatable bonds is 10. The number of amides is 1. The second kappa shape index (κ2) is 13.3. The van der Waals surface area contributed by atoms with Crippen molar-refractivity contribution in [2.24, 2.45) is 11.8 Å². The molecule has 11 heteroatoms. The first kappa shape index (κ1) is 37.6. The van der Waals surface area contributed by atoms with Crippen LogP contribution in [0.4, 0.5) is 5.69 Å². The number of ether oxygens (including phenoxy) is 5. The van der Waals surface area contributed by atoms with Crippen molar-refractivity contribution in [1.29, 1.82) is 0 Å². The Hall–Kier alpha value is -4.67. The fraction of sp³-hybridized carbons (Fsp3) is 0.442. The van der Waals surface area contributed by atoms with Gasteiger partial charge in [0.05, 0.1) is 25.4 Å². The lowest BCUT2D eigenvalue weighted by Crippen LogP contribution is -2.72. The number of methoxy groups -OCH3 is 2. The lowest BCUT2D eigenvalue weighted by molar-refractivity contribution is -0.171. The Morgan fingerprint density at radius 1 is 1.02 bits per heavy atom. The highest BCUT2D eigenvalue weighted by atomic mass is 35.5. The van der Waals surface area contributed by atoms with Gasteiger partial charge in [-0.15, -0.1) is 0 Å². The van der Waals surface area contributed by atoms with Crippen molar-refractivity contribution in [3.63, 3.8) is 0 Å². The van der Waals surface area contributed by atoms with Crippen LogP contribution in [0.5, 0.6) is 17.2 Å². The molecule has 2 fully saturated rings. The standard InChI is InChI=1S/C43H46ClNO9/c1-23(2)9-14-28-35-29(16-18-41(6,52-35)19-17-32(46)45-27-12-10-26(44)11-13-27)36(50-7)33-34(47)30-21-25-22-31-40(4,5)54-42(38(25)48,43(30,31)53-37(28)33)20-15-24(3)39(49)51-8/h9-13,15-16,18,21,25,31H,14,17,19-20,22H2,1-8H3,(H,45,46)/b24-15-/t25-,31-,41-,42-,43+/m0/s1. The number of allylic oxidation sites excluding steroid dienone is 3. The van der Waals surface area contributed by atoms with Crippen LogP contribution in [0.15, 0.2) is 65.3 Å². The van der Waals surface area contributed by atoms with E-state index in [2.05, 4.69) is 5.32 Å². The number of Topliss-reactive ketones (excluding diaryl/α,β-unsaturated/α-hetero) is 2. The molecule has 4 bridgehead atoms. The zero-order chi connectivity index (χ0) is 39.0. The van der Waals surface area contributed by atoms with E-state index in [1.54, 1.807) is 43.3 Å². The van der Waals surface area contributed by atoms with Crippen molar-refractivity contribution < 1.29 is 42.9 Å². The molecule has 0 radical (unpaired) electrons. The van der Waals surface area contributed by atoms with E-state index >= 15 is 4.79 Å². The highest BCUT2D eigenvalue weighted by Crippen LogP contribution is 2.68. The summed E-state index contributed by atoms with van der Waals surface area (Å²) in [6.45, 7) is 11.4. The van der Waals surface area contributed by atoms with Crippen LogP contribution >= 0.6 is 11.6 Å². The van der Waals surface area contributed by atoms with Crippen LogP contribution in [0.25, 0.3) is 6.08 Å². The second-order valence-electron chi connectivity index (χ2n) is 15.9. The fourth-order valence-electron chi connectivity index (χ4n) is 9.00. The molecule has 284 valence electrons. The lowest BCUT2D eigenvalue weighted by Gasteiger charge is -2.56. The van der Waals surface area contributed by atoms with Gasteiger partial charge in [-0.2, -0.15) is 0 Å². The Kier molecular flexibility index (Phi) is 9.25. The molecule has 1 N–H and O–H groups in total. The number of carbonyl (C=O) groups is 4. The fourth-order valence-corrected chi connectivity index (χ4v) is 9.12. The Labute approximate surface area is 320 Å². The molecular weight excluding hydrogens is 710 g/mol. The molecule has 10 nitrogen and oxygen atoms in total. The third kappa shape index (κ3) is 5.71. The number of esters is 1. The molecule has 1 saturated heterocycles. The van der Waals surface area contributed by atoms with E-state index in [1.807, 2.05) is 52.8 Å². The molecule has 2 aromatic carbocycles. The average molecular weight is 756 g/mol. The van der Waals surface area contributed by atoms with E-state index in [9.17, 15) is 14.4 Å². The molecule has 0 unspecified atom stereocenters. The first-order valence-corrected chi connectivity index (χ1v) is 18.7. The molecule has 1 amide bonds. The average Bonchev–Trinajstić information content (AvgIpc) is 3.29. The van der Waals surface area contributed by atoms with Gasteiger partial charge in [0.25, 0.3) is 0 Å². The number of halogens is 1. The number of nitrogens with one attached hydrogen (secondary N) is 1. The lowest BCUT2D eigenvalue weighted by atomic mass is 9.51. The van der Waals surface area contributed by atoms with Crippen LogP contribution in [0.1, 0.15) is 88.7 Å². The van der Waals surface area contributed by atoms with E-state index in [4.69, 9.17) is 35.3 Å². The first-order valence-electron chi connectivity index (χ1n) is 18.3. The molecule has 3 aliphatic carbocycles. The Bertz CT molecular complexity index is 2110. The summed E-state index contributed by atoms with van der Waals surface area (Å²) in [5.74, 6) is -1.07. The predicted octanol–water partition coefficient (Wildman–Crippen LogP) is 7.96. The van der Waals surface area contributed by atoms with Crippen molar-refractivity contribution >= 4 is 46.8 Å². The summed E-state index contributed by atoms with van der Waals surface area (Å²) in [6.07, 6.45) is 10.5. The maximum atomic E-state index is 15.1. The number of anilines is 1. The molecule has 8 rings (SSSR count). The van der Waals surface area contributed by atoms with Gasteiger partial charge in [-0.3, -0.25) is 14.4 Å². The van der Waals surface area contributed by atoms with E-state index < -0.39 is 34.3 Å². The van der Waals surface area contributed by atoms with Crippen molar-refractivity contribution in [2.45, 2.75) is 96.1 Å². The van der Waals surface area contributed by atoms with Crippen molar-refractivity contribution in [3.05, 3.63) is 87.0 Å². The van der Waals surface area contributed by atoms with E-state index in [0.717, 1.165) is 5.57 Å². The summed E-state index contributed by atoms with van der Waals surface area (Å²) in [7, 11) is 2.81. The maximum Gasteiger partial charge on any atom is 0.333 e. The van der Waals surface area contributed by atoms with E-state index in [-0.39, 0.29) is 47.5 Å². The molecule has 3 aliphatic heterocycles. The number of hydrogen-bond acceptors (Lipinski definition) is 9. The molecule has 0 aromatic heterocycles. The summed E-state index contributed by atoms with van der Waals surface area (Å²) in [5, 5.41) is 3.49. The van der Waals surface area contributed by atoms with Crippen molar-refractivity contribution in [3.8, 4) is 17.2 Å². The minimum Gasteiger partial charge on any atom is -0.495 e. The van der Waals surface area contributed by atoms with Crippen LogP contribution in [-0.4, -0.2) is 60.1 Å². The minimum atomic E-state index is -1.60. The van der Waals surface area contributed by atoms with Gasteiger partial charge < -0.3 is 29.0 Å². The van der Waals surface area contributed by atoms with Crippen LogP contribution in [-0.2, 0) is 30.3 Å². The van der Waals surface area contributed by atoms with Gasteiger partial charge in [-0.05, 0) is 97.2 Å². The van der Waals surface area contributed by atoms with Gasteiger partial charge in [0, 0.05) is 52.1 Å². The number of ketones is 2. The largest absolute Gasteiger partial charge is 0.495 e. The topological polar surface area (TPSA) is 126 Å². The number of benzene rings is 2. The quantitative estimate of drug-likeness (QED) is 0.146. The summed E-state index contributed by atoms with van der Waals surface area (Å²) in [4.78, 5) is 55.2. The summed E-state index contributed by atoms with van der Waals surface area (Å²) >= 11 is 6.01. The van der Waals surface area contributed by atoms with Crippen LogP contribution in [0.3, 0.4) is 0 Å². The summed E-state index contributed by atoms with van der Waals surface area (Å²) < 4.78 is 32.0. The van der Waals surface area contributed by atoms with Crippen molar-refractivity contribution in [1.82, 2.24) is 0 Å². The van der Waals surface area contributed by atoms with Crippen LogP contribution in [0, 0.1) is 11.8 Å². The molecular formula is C43H46ClNO9. The highest BCUT2D eigenvalue weighted by molar-refractivity contribution is 6.30. The van der Waals surface area contributed by atoms with Gasteiger partial charge in [0.2, 0.25) is 5.91 Å². The molecule has 1 saturated carbocycles. The minimum absolute atomic E-state index is 0.00389. The number of carbonyl (C=O) groups excluding carboxylic acids is 4. The zero-order valence-electron chi connectivity index (χ0n) is 31.9. The molecule has 2 aromatic rings. The van der Waals surface area contributed by atoms with E-state index in [1.165, 1.54) is 14.2 Å². The molecule has 1 spiro atoms. The maximum absolute atomic E-state index is 15.1. The highest BCUT2D eigenvalue weighted by Gasteiger charge is 2.81. The van der Waals surface area contributed by atoms with Gasteiger partial charge in [-0.25, -0.2) is 4.79 Å². The predicted molar refractivity (Wildman–Crippen MR) is 204 cm³/mol. The van der Waals surface area contributed by atoms with Crippen molar-refractivity contribution in [2.75, 3.05) is 19.5 Å². The Morgan fingerprint density at radius 2 is 1.74 bits per heavy atom. The normalized spacial score (nSPS) is 28.2. The van der Waals surface area contributed by atoms with E-state index in [0.29, 0.717) is 63.7 Å². The van der Waals surface area contributed by atoms with Crippen LogP contribution < -0.4 is 19.5 Å². The third-order valence-electron chi connectivity index (χ3n) is 11.6. The molecule has 3 heterocycles. The molecule has 6 aliphatic rings. The van der Waals surface area contributed by atoms with Gasteiger partial charge in [0.1, 0.15) is 28.4 Å². The smallest absolute Gasteiger partial charge is 0.333 e. The molecule has 5 atom stereocenters. The van der Waals surface area contributed by atoms with Gasteiger partial charge >= 0.3 is 5.97 Å². The Morgan fingerprint density at radius 3 is 2.41 bits per heavy atom. The SMILES string of the molecule is COC(=O)/C(C)=C\C[C@@]12OC(C)(C)[C@@H]3C[C@H](C=C4C(=O)c5c(OC)c6c(c(CC=C(C)C)c5O[C@]431)O[C@](C)(CCC(=O)Nc1ccc(Cl)cc1)C=C6)C2=O. The third-order valence-corrected chi connectivity index (χ3v) is 11.9. The zero-order valence-corrected chi connectivity index (χ0v) is 32.7. The second-order valence-corrected chi connectivity index (χ2v) is 16.3. The number of fused-ring (bicyclic) bond motifs is 2. The Balaban J connectivity index is 1.35. The summed E-state index contributed by atoms with van der Waals surface area (Å²) in [6, 6.07) is 6.91. The first-order chi connectivity index (χ1) is 25.5. The number of hydrogen-bond donors (Lipinski definition) is 1. The van der Waals surface area contributed by atoms with Crippen LogP contribution in [0.2, 0.25) is 5.02 Å². The van der Waals surface area contributed by atoms with Gasteiger partial charge in [0.15, 0.2) is 22.8 Å². The van der Waals surface area contributed by atoms with Gasteiger partial charge in [-0.1, -0.05) is 35.4 Å². The summed E-state index contributed by atoms with van der Waals surface area (Å²) in [5.41, 5.74) is -1.02.